The number of furan rings is 1. The molecule has 0 radical (unpaired) electrons. The first kappa shape index (κ1) is 14.8. The van der Waals surface area contributed by atoms with Gasteiger partial charge in [-0.25, -0.2) is 0 Å². The third kappa shape index (κ3) is 4.83. The summed E-state index contributed by atoms with van der Waals surface area (Å²) in [5, 5.41) is 3.45. The van der Waals surface area contributed by atoms with Gasteiger partial charge in [-0.05, 0) is 24.2 Å². The summed E-state index contributed by atoms with van der Waals surface area (Å²) < 4.78 is 5.10. The molecule has 0 aliphatic heterocycles. The van der Waals surface area contributed by atoms with E-state index in [2.05, 4.69) is 55.4 Å². The van der Waals surface area contributed by atoms with E-state index >= 15 is 0 Å². The molecule has 2 aromatic rings. The molecule has 0 fully saturated rings. The minimum Gasteiger partial charge on any atom is -0.472 e. The SMILES string of the molecule is CC(C)NCc1cccc(CN(C)Cc2ccoc2)c1. The number of nitrogens with zero attached hydrogens (tertiary/aromatic N) is 1. The van der Waals surface area contributed by atoms with Crippen molar-refractivity contribution in [1.82, 2.24) is 10.2 Å². The van der Waals surface area contributed by atoms with Gasteiger partial charge in [0, 0.05) is 31.2 Å². The molecule has 1 N–H and O–H groups in total. The predicted octanol–water partition coefficient (Wildman–Crippen LogP) is 3.41. The van der Waals surface area contributed by atoms with Crippen LogP contribution in [0.15, 0.2) is 47.3 Å². The van der Waals surface area contributed by atoms with Crippen LogP contribution in [0, 0.1) is 0 Å². The zero-order valence-electron chi connectivity index (χ0n) is 12.6. The highest BCUT2D eigenvalue weighted by atomic mass is 16.3. The molecule has 20 heavy (non-hydrogen) atoms. The maximum Gasteiger partial charge on any atom is 0.0947 e. The van der Waals surface area contributed by atoms with Gasteiger partial charge in [-0.2, -0.15) is 0 Å². The summed E-state index contributed by atoms with van der Waals surface area (Å²) >= 11 is 0. The Labute approximate surface area is 121 Å². The van der Waals surface area contributed by atoms with E-state index in [0.717, 1.165) is 19.6 Å². The van der Waals surface area contributed by atoms with Gasteiger partial charge in [-0.15, -0.1) is 0 Å². The van der Waals surface area contributed by atoms with Crippen molar-refractivity contribution in [3.8, 4) is 0 Å². The molecule has 0 bridgehead atoms. The Balaban J connectivity index is 1.90. The predicted molar refractivity (Wildman–Crippen MR) is 82.3 cm³/mol. The highest BCUT2D eigenvalue weighted by Crippen LogP contribution is 2.11. The number of nitrogens with one attached hydrogen (secondary N) is 1. The second-order valence-corrected chi connectivity index (χ2v) is 5.66. The molecule has 0 saturated heterocycles. The molecule has 0 aliphatic rings. The maximum atomic E-state index is 5.10. The highest BCUT2D eigenvalue weighted by Gasteiger charge is 2.04. The Bertz CT molecular complexity index is 505. The molecule has 1 aromatic heterocycles. The fraction of sp³-hybridized carbons (Fsp3) is 0.412. The largest absolute Gasteiger partial charge is 0.472 e. The van der Waals surface area contributed by atoms with Gasteiger partial charge in [-0.1, -0.05) is 38.1 Å². The smallest absolute Gasteiger partial charge is 0.0947 e. The summed E-state index contributed by atoms with van der Waals surface area (Å²) in [5.41, 5.74) is 3.90. The van der Waals surface area contributed by atoms with E-state index in [1.807, 2.05) is 6.07 Å². The Hall–Kier alpha value is -1.58. The lowest BCUT2D eigenvalue weighted by atomic mass is 10.1. The molecular formula is C17H24N2O. The molecule has 0 unspecified atom stereocenters. The van der Waals surface area contributed by atoms with E-state index in [-0.39, 0.29) is 0 Å². The summed E-state index contributed by atoms with van der Waals surface area (Å²) in [7, 11) is 2.13. The molecular weight excluding hydrogens is 248 g/mol. The van der Waals surface area contributed by atoms with Crippen LogP contribution in [-0.2, 0) is 19.6 Å². The minimum absolute atomic E-state index is 0.516. The summed E-state index contributed by atoms with van der Waals surface area (Å²) in [5.74, 6) is 0. The number of hydrogen-bond acceptors (Lipinski definition) is 3. The first-order valence-electron chi connectivity index (χ1n) is 7.14. The van der Waals surface area contributed by atoms with E-state index < -0.39 is 0 Å². The number of hydrogen-bond donors (Lipinski definition) is 1. The molecule has 0 amide bonds. The molecule has 2 rings (SSSR count). The normalized spacial score (nSPS) is 11.4. The third-order valence-corrected chi connectivity index (χ3v) is 3.19. The summed E-state index contributed by atoms with van der Waals surface area (Å²) in [6.07, 6.45) is 3.53. The molecule has 0 aliphatic carbocycles. The molecule has 108 valence electrons. The Morgan fingerprint density at radius 2 is 1.85 bits per heavy atom. The quantitative estimate of drug-likeness (QED) is 0.837. The topological polar surface area (TPSA) is 28.4 Å². The van der Waals surface area contributed by atoms with Crippen molar-refractivity contribution in [3.05, 3.63) is 59.5 Å². The van der Waals surface area contributed by atoms with Crippen LogP contribution in [0.1, 0.15) is 30.5 Å². The van der Waals surface area contributed by atoms with Crippen molar-refractivity contribution in [2.24, 2.45) is 0 Å². The van der Waals surface area contributed by atoms with E-state index in [1.165, 1.54) is 16.7 Å². The average Bonchev–Trinajstić information content (AvgIpc) is 2.89. The lowest BCUT2D eigenvalue weighted by molar-refractivity contribution is 0.317. The van der Waals surface area contributed by atoms with E-state index in [1.54, 1.807) is 12.5 Å². The summed E-state index contributed by atoms with van der Waals surface area (Å²) in [6.45, 7) is 7.12. The fourth-order valence-corrected chi connectivity index (χ4v) is 2.22. The van der Waals surface area contributed by atoms with E-state index in [9.17, 15) is 0 Å². The van der Waals surface area contributed by atoms with Crippen molar-refractivity contribution in [2.45, 2.75) is 39.5 Å². The standard InChI is InChI=1S/C17H24N2O/c1-14(2)18-10-15-5-4-6-16(9-15)11-19(3)12-17-7-8-20-13-17/h4-9,13-14,18H,10-12H2,1-3H3. The lowest BCUT2D eigenvalue weighted by Gasteiger charge is -2.16. The van der Waals surface area contributed by atoms with Gasteiger partial charge in [0.1, 0.15) is 0 Å². The van der Waals surface area contributed by atoms with E-state index in [4.69, 9.17) is 4.42 Å². The Kier molecular flexibility index (Phi) is 5.39. The van der Waals surface area contributed by atoms with Crippen LogP contribution >= 0.6 is 0 Å². The molecule has 3 nitrogen and oxygen atoms in total. The Morgan fingerprint density at radius 1 is 1.10 bits per heavy atom. The summed E-state index contributed by atoms with van der Waals surface area (Å²) in [4.78, 5) is 2.29. The molecule has 0 spiro atoms. The van der Waals surface area contributed by atoms with Gasteiger partial charge in [0.25, 0.3) is 0 Å². The second-order valence-electron chi connectivity index (χ2n) is 5.66. The van der Waals surface area contributed by atoms with Gasteiger partial charge < -0.3 is 9.73 Å². The van der Waals surface area contributed by atoms with Crippen molar-refractivity contribution in [3.63, 3.8) is 0 Å². The van der Waals surface area contributed by atoms with Gasteiger partial charge in [-0.3, -0.25) is 4.90 Å². The molecule has 0 atom stereocenters. The number of rotatable bonds is 7. The highest BCUT2D eigenvalue weighted by molar-refractivity contribution is 5.23. The first-order chi connectivity index (χ1) is 9.63. The Morgan fingerprint density at radius 3 is 2.55 bits per heavy atom. The van der Waals surface area contributed by atoms with Crippen LogP contribution in [-0.4, -0.2) is 18.0 Å². The zero-order chi connectivity index (χ0) is 14.4. The van der Waals surface area contributed by atoms with Gasteiger partial charge in [0.2, 0.25) is 0 Å². The fourth-order valence-electron chi connectivity index (χ4n) is 2.22. The first-order valence-corrected chi connectivity index (χ1v) is 7.14. The lowest BCUT2D eigenvalue weighted by Crippen LogP contribution is -2.22. The van der Waals surface area contributed by atoms with Crippen molar-refractivity contribution >= 4 is 0 Å². The van der Waals surface area contributed by atoms with Crippen molar-refractivity contribution in [2.75, 3.05) is 7.05 Å². The second kappa shape index (κ2) is 7.27. The van der Waals surface area contributed by atoms with Crippen LogP contribution in [0.25, 0.3) is 0 Å². The van der Waals surface area contributed by atoms with Crippen LogP contribution in [0.2, 0.25) is 0 Å². The van der Waals surface area contributed by atoms with Gasteiger partial charge >= 0.3 is 0 Å². The van der Waals surface area contributed by atoms with Crippen molar-refractivity contribution < 1.29 is 4.42 Å². The third-order valence-electron chi connectivity index (χ3n) is 3.19. The molecule has 0 saturated carbocycles. The monoisotopic (exact) mass is 272 g/mol. The minimum atomic E-state index is 0.516. The van der Waals surface area contributed by atoms with Crippen molar-refractivity contribution in [1.29, 1.82) is 0 Å². The average molecular weight is 272 g/mol. The van der Waals surface area contributed by atoms with E-state index in [0.29, 0.717) is 6.04 Å². The van der Waals surface area contributed by atoms with Crippen LogP contribution in [0.4, 0.5) is 0 Å². The summed E-state index contributed by atoms with van der Waals surface area (Å²) in [6, 6.07) is 11.3. The molecule has 3 heteroatoms. The van der Waals surface area contributed by atoms with Crippen LogP contribution < -0.4 is 5.32 Å². The maximum absolute atomic E-state index is 5.10. The molecule has 1 heterocycles. The van der Waals surface area contributed by atoms with Gasteiger partial charge in [0.15, 0.2) is 0 Å². The van der Waals surface area contributed by atoms with Crippen LogP contribution in [0.3, 0.4) is 0 Å². The molecule has 1 aromatic carbocycles. The number of benzene rings is 1. The van der Waals surface area contributed by atoms with Crippen LogP contribution in [0.5, 0.6) is 0 Å². The van der Waals surface area contributed by atoms with Gasteiger partial charge in [0.05, 0.1) is 12.5 Å². The zero-order valence-corrected chi connectivity index (χ0v) is 12.6.